The summed E-state index contributed by atoms with van der Waals surface area (Å²) in [7, 11) is 0. The molecule has 8 heteroatoms. The minimum Gasteiger partial charge on any atom is -0.381 e. The van der Waals surface area contributed by atoms with Gasteiger partial charge in [-0.3, -0.25) is 9.59 Å². The number of alkyl halides is 2. The van der Waals surface area contributed by atoms with Gasteiger partial charge >= 0.3 is 6.55 Å². The van der Waals surface area contributed by atoms with Crippen molar-refractivity contribution in [3.8, 4) is 0 Å². The minimum atomic E-state index is -2.81. The first-order valence-electron chi connectivity index (χ1n) is 12.3. The molecule has 0 atom stereocenters. The van der Waals surface area contributed by atoms with Gasteiger partial charge in [0.1, 0.15) is 0 Å². The quantitative estimate of drug-likeness (QED) is 0.433. The lowest BCUT2D eigenvalue weighted by Gasteiger charge is -2.37. The van der Waals surface area contributed by atoms with Crippen LogP contribution in [0.2, 0.25) is 0 Å². The summed E-state index contributed by atoms with van der Waals surface area (Å²) in [4.78, 5) is 28.2. The normalized spacial score (nSPS) is 17.5. The minimum absolute atomic E-state index is 0.0515. The van der Waals surface area contributed by atoms with Crippen molar-refractivity contribution in [1.29, 1.82) is 0 Å². The second-order valence-electron chi connectivity index (χ2n) is 9.50. The van der Waals surface area contributed by atoms with Crippen LogP contribution in [0.1, 0.15) is 75.3 Å². The van der Waals surface area contributed by atoms with Crippen LogP contribution in [0.15, 0.2) is 35.1 Å². The molecule has 2 aliphatic rings. The number of ketones is 2. The predicted octanol–water partition coefficient (Wildman–Crippen LogP) is 5.94. The van der Waals surface area contributed by atoms with Gasteiger partial charge in [-0.15, -0.1) is 0 Å². The van der Waals surface area contributed by atoms with Crippen molar-refractivity contribution in [3.05, 3.63) is 46.2 Å². The Bertz CT molecular complexity index is 1210. The van der Waals surface area contributed by atoms with Crippen LogP contribution in [0.5, 0.6) is 0 Å². The predicted molar refractivity (Wildman–Crippen MR) is 132 cm³/mol. The number of Topliss-reactive ketones (excluding diaryl/α,β-unsaturated/α-hetero) is 2. The number of rotatable bonds is 8. The van der Waals surface area contributed by atoms with Crippen LogP contribution in [0, 0.1) is 6.92 Å². The smallest absolute Gasteiger partial charge is 0.333 e. The molecule has 0 spiro atoms. The fourth-order valence-electron chi connectivity index (χ4n) is 5.48. The molecule has 4 rings (SSSR count). The van der Waals surface area contributed by atoms with Crippen molar-refractivity contribution in [2.24, 2.45) is 0 Å². The number of hydrogen-bond donors (Lipinski definition) is 0. The van der Waals surface area contributed by atoms with Crippen molar-refractivity contribution in [3.63, 3.8) is 0 Å². The van der Waals surface area contributed by atoms with E-state index in [1.165, 1.54) is 6.20 Å². The van der Waals surface area contributed by atoms with Gasteiger partial charge in [-0.05, 0) is 69.7 Å². The van der Waals surface area contributed by atoms with Gasteiger partial charge in [-0.1, -0.05) is 11.6 Å². The number of ether oxygens (including phenoxy) is 1. The molecule has 2 aromatic rings. The lowest BCUT2D eigenvalue weighted by Crippen LogP contribution is -2.40. The Labute approximate surface area is 204 Å². The zero-order chi connectivity index (χ0) is 25.3. The highest BCUT2D eigenvalue weighted by molar-refractivity contribution is 6.07. The molecule has 2 heterocycles. The Morgan fingerprint density at radius 1 is 1.26 bits per heavy atom. The summed E-state index contributed by atoms with van der Waals surface area (Å²) in [5.41, 5.74) is 4.80. The Morgan fingerprint density at radius 2 is 1.97 bits per heavy atom. The Morgan fingerprint density at radius 3 is 2.60 bits per heavy atom. The van der Waals surface area contributed by atoms with Crippen LogP contribution >= 0.6 is 0 Å². The average Bonchev–Trinajstić information content (AvgIpc) is 3.24. The molecule has 1 saturated heterocycles. The maximum absolute atomic E-state index is 13.8. The fourth-order valence-corrected chi connectivity index (χ4v) is 5.48. The summed E-state index contributed by atoms with van der Waals surface area (Å²) in [5.74, 6) is -0.106. The van der Waals surface area contributed by atoms with Crippen LogP contribution in [-0.2, 0) is 9.53 Å². The van der Waals surface area contributed by atoms with Crippen molar-refractivity contribution >= 4 is 28.2 Å². The highest BCUT2D eigenvalue weighted by Crippen LogP contribution is 2.38. The van der Waals surface area contributed by atoms with E-state index in [9.17, 15) is 18.4 Å². The third-order valence-corrected chi connectivity index (χ3v) is 7.19. The molecule has 35 heavy (non-hydrogen) atoms. The van der Waals surface area contributed by atoms with E-state index >= 15 is 0 Å². The van der Waals surface area contributed by atoms with E-state index in [0.717, 1.165) is 35.2 Å². The molecule has 1 aliphatic carbocycles. The molecule has 0 N–H and O–H groups in total. The van der Waals surface area contributed by atoms with Gasteiger partial charge in [0.15, 0.2) is 11.6 Å². The highest BCUT2D eigenvalue weighted by atomic mass is 19.3. The summed E-state index contributed by atoms with van der Waals surface area (Å²) in [5, 5.41) is 4.57. The second-order valence-corrected chi connectivity index (χ2v) is 9.50. The number of nitrogens with zero attached hydrogens (tertiary/aromatic N) is 3. The topological polar surface area (TPSA) is 64.4 Å². The van der Waals surface area contributed by atoms with Gasteiger partial charge in [0.25, 0.3) is 0 Å². The molecule has 1 aromatic carbocycles. The van der Waals surface area contributed by atoms with Crippen molar-refractivity contribution in [1.82, 2.24) is 9.78 Å². The summed E-state index contributed by atoms with van der Waals surface area (Å²) in [6.45, 7) is 6.88. The van der Waals surface area contributed by atoms with Gasteiger partial charge in [-0.25, -0.2) is 4.68 Å². The molecular formula is C27H33F2N3O3. The van der Waals surface area contributed by atoms with E-state index < -0.39 is 6.55 Å². The number of carbonyl (C=O) groups excluding carboxylic acids is 2. The summed E-state index contributed by atoms with van der Waals surface area (Å²) < 4.78 is 33.8. The van der Waals surface area contributed by atoms with E-state index in [1.54, 1.807) is 6.07 Å². The van der Waals surface area contributed by atoms with E-state index in [-0.39, 0.29) is 29.5 Å². The van der Waals surface area contributed by atoms with Crippen LogP contribution in [0.25, 0.3) is 10.9 Å². The van der Waals surface area contributed by atoms with Crippen molar-refractivity contribution in [2.45, 2.75) is 72.4 Å². The number of hydrogen-bond acceptors (Lipinski definition) is 5. The molecule has 188 valence electrons. The highest BCUT2D eigenvalue weighted by Gasteiger charge is 2.28. The van der Waals surface area contributed by atoms with Gasteiger partial charge in [0.05, 0.1) is 17.4 Å². The van der Waals surface area contributed by atoms with Crippen LogP contribution in [-0.4, -0.2) is 47.1 Å². The number of fused-ring (bicyclic) bond motifs is 1. The third-order valence-electron chi connectivity index (χ3n) is 7.19. The molecule has 0 bridgehead atoms. The molecule has 0 radical (unpaired) electrons. The Balaban J connectivity index is 1.75. The number of carbonyl (C=O) groups is 2. The first kappa shape index (κ1) is 25.2. The maximum atomic E-state index is 13.8. The lowest BCUT2D eigenvalue weighted by molar-refractivity contribution is -0.115. The summed E-state index contributed by atoms with van der Waals surface area (Å²) in [6.07, 6.45) is 5.99. The molecular weight excluding hydrogens is 452 g/mol. The first-order valence-corrected chi connectivity index (χ1v) is 12.3. The molecule has 1 aliphatic heterocycles. The molecule has 6 nitrogen and oxygen atoms in total. The Hall–Kier alpha value is -2.87. The molecule has 0 amide bonds. The van der Waals surface area contributed by atoms with E-state index in [0.29, 0.717) is 53.8 Å². The monoisotopic (exact) mass is 485 g/mol. The van der Waals surface area contributed by atoms with Gasteiger partial charge < -0.3 is 9.64 Å². The number of anilines is 1. The third kappa shape index (κ3) is 4.94. The summed E-state index contributed by atoms with van der Waals surface area (Å²) >= 11 is 0. The standard InChI is InChI=1S/C27H33F2N3O3/c1-5-31(19-8-10-35-11-9-19)26-18(4)21(14-23-22(26)15-30-32(23)27(28)29)24(33)7-6-20-17(3)12-16(2)13-25(20)34/h12,14-15,19,27H,5-11,13H2,1-4H3. The zero-order valence-corrected chi connectivity index (χ0v) is 20.9. The zero-order valence-electron chi connectivity index (χ0n) is 20.9. The van der Waals surface area contributed by atoms with Crippen molar-refractivity contribution < 1.29 is 23.1 Å². The number of halogens is 2. The number of allylic oxidation sites excluding steroid dienone is 4. The molecule has 0 unspecified atom stereocenters. The lowest BCUT2D eigenvalue weighted by atomic mass is 9.88. The fraction of sp³-hybridized carbons (Fsp3) is 0.519. The Kier molecular flexibility index (Phi) is 7.50. The van der Waals surface area contributed by atoms with Crippen LogP contribution < -0.4 is 4.90 Å². The first-order chi connectivity index (χ1) is 16.7. The van der Waals surface area contributed by atoms with Crippen LogP contribution in [0.4, 0.5) is 14.5 Å². The summed E-state index contributed by atoms with van der Waals surface area (Å²) in [6, 6.07) is 1.74. The number of aromatic nitrogens is 2. The molecule has 1 aromatic heterocycles. The molecule has 0 saturated carbocycles. The van der Waals surface area contributed by atoms with Gasteiger partial charge in [-0.2, -0.15) is 13.9 Å². The van der Waals surface area contributed by atoms with E-state index in [1.807, 2.05) is 33.8 Å². The van der Waals surface area contributed by atoms with Crippen LogP contribution in [0.3, 0.4) is 0 Å². The maximum Gasteiger partial charge on any atom is 0.333 e. The van der Waals surface area contributed by atoms with Gasteiger partial charge in [0.2, 0.25) is 0 Å². The van der Waals surface area contributed by atoms with Gasteiger partial charge in [0, 0.05) is 49.6 Å². The van der Waals surface area contributed by atoms with E-state index in [4.69, 9.17) is 4.74 Å². The molecule has 1 fully saturated rings. The number of benzene rings is 1. The SMILES string of the molecule is CCN(c1c(C)c(C(=O)CCC2=C(C)C=C(C)CC2=O)cc2c1cnn2C(F)F)C1CCOCC1. The second kappa shape index (κ2) is 10.4. The van der Waals surface area contributed by atoms with Crippen molar-refractivity contribution in [2.75, 3.05) is 24.7 Å². The largest absolute Gasteiger partial charge is 0.381 e. The van der Waals surface area contributed by atoms with E-state index in [2.05, 4.69) is 10.00 Å². The average molecular weight is 486 g/mol.